The lowest BCUT2D eigenvalue weighted by Gasteiger charge is -2.21. The van der Waals surface area contributed by atoms with Crippen LogP contribution in [-0.2, 0) is 9.47 Å². The molecule has 0 amide bonds. The van der Waals surface area contributed by atoms with Gasteiger partial charge in [-0.25, -0.2) is 0 Å². The van der Waals surface area contributed by atoms with E-state index in [1.165, 1.54) is 32.1 Å². The lowest BCUT2D eigenvalue weighted by atomic mass is 10.1. The van der Waals surface area contributed by atoms with Gasteiger partial charge in [-0.2, -0.15) is 0 Å². The van der Waals surface area contributed by atoms with Gasteiger partial charge >= 0.3 is 0 Å². The predicted octanol–water partition coefficient (Wildman–Crippen LogP) is 1.71. The average Bonchev–Trinajstić information content (AvgIpc) is 2.83. The summed E-state index contributed by atoms with van der Waals surface area (Å²) in [6.45, 7) is 3.16. The second kappa shape index (κ2) is 5.28. The number of rotatable bonds is 4. The molecule has 3 nitrogen and oxygen atoms in total. The Kier molecular flexibility index (Phi) is 4.00. The summed E-state index contributed by atoms with van der Waals surface area (Å²) in [6, 6.07) is 0.550. The maximum atomic E-state index is 5.79. The zero-order valence-corrected chi connectivity index (χ0v) is 9.87. The SMILES string of the molecule is COC1CCCC1NCC1CCC(C)O1. The Morgan fingerprint density at radius 3 is 2.80 bits per heavy atom. The first-order valence-corrected chi connectivity index (χ1v) is 6.21. The van der Waals surface area contributed by atoms with Gasteiger partial charge in [0, 0.05) is 19.7 Å². The smallest absolute Gasteiger partial charge is 0.0724 e. The first kappa shape index (κ1) is 11.4. The summed E-state index contributed by atoms with van der Waals surface area (Å²) < 4.78 is 11.2. The molecular weight excluding hydrogens is 190 g/mol. The van der Waals surface area contributed by atoms with Crippen LogP contribution in [0.4, 0.5) is 0 Å². The molecule has 1 aliphatic carbocycles. The molecule has 1 heterocycles. The summed E-state index contributed by atoms with van der Waals surface area (Å²) in [6.07, 6.45) is 7.47. The Morgan fingerprint density at radius 2 is 2.13 bits per heavy atom. The Hall–Kier alpha value is -0.120. The van der Waals surface area contributed by atoms with Crippen LogP contribution in [0.15, 0.2) is 0 Å². The number of hydrogen-bond donors (Lipinski definition) is 1. The van der Waals surface area contributed by atoms with Crippen molar-refractivity contribution in [2.45, 2.75) is 63.4 Å². The van der Waals surface area contributed by atoms with E-state index in [2.05, 4.69) is 12.2 Å². The van der Waals surface area contributed by atoms with Gasteiger partial charge in [-0.1, -0.05) is 0 Å². The summed E-state index contributed by atoms with van der Waals surface area (Å²) in [7, 11) is 1.82. The summed E-state index contributed by atoms with van der Waals surface area (Å²) in [5, 5.41) is 3.60. The maximum absolute atomic E-state index is 5.79. The minimum Gasteiger partial charge on any atom is -0.380 e. The van der Waals surface area contributed by atoms with Crippen molar-refractivity contribution >= 4 is 0 Å². The van der Waals surface area contributed by atoms with Crippen LogP contribution in [0, 0.1) is 0 Å². The molecule has 1 N–H and O–H groups in total. The molecule has 4 unspecified atom stereocenters. The molecule has 0 aromatic rings. The van der Waals surface area contributed by atoms with Gasteiger partial charge in [0.05, 0.1) is 18.3 Å². The van der Waals surface area contributed by atoms with Crippen molar-refractivity contribution in [3.05, 3.63) is 0 Å². The largest absolute Gasteiger partial charge is 0.380 e. The van der Waals surface area contributed by atoms with Crippen molar-refractivity contribution in [2.24, 2.45) is 0 Å². The van der Waals surface area contributed by atoms with E-state index >= 15 is 0 Å². The second-order valence-corrected chi connectivity index (χ2v) is 4.87. The molecule has 0 aromatic carbocycles. The first-order valence-electron chi connectivity index (χ1n) is 6.21. The van der Waals surface area contributed by atoms with Crippen molar-refractivity contribution < 1.29 is 9.47 Å². The highest BCUT2D eigenvalue weighted by molar-refractivity contribution is 4.85. The van der Waals surface area contributed by atoms with Gasteiger partial charge in [0.15, 0.2) is 0 Å². The fraction of sp³-hybridized carbons (Fsp3) is 1.00. The Bertz CT molecular complexity index is 198. The molecule has 2 aliphatic rings. The van der Waals surface area contributed by atoms with Gasteiger partial charge in [0.25, 0.3) is 0 Å². The molecule has 0 spiro atoms. The molecule has 3 heteroatoms. The van der Waals surface area contributed by atoms with Crippen molar-refractivity contribution in [3.8, 4) is 0 Å². The topological polar surface area (TPSA) is 30.5 Å². The third-order valence-electron chi connectivity index (χ3n) is 3.68. The molecule has 0 aromatic heterocycles. The molecule has 2 fully saturated rings. The summed E-state index contributed by atoms with van der Waals surface area (Å²) >= 11 is 0. The average molecular weight is 213 g/mol. The highest BCUT2D eigenvalue weighted by atomic mass is 16.5. The Balaban J connectivity index is 1.68. The quantitative estimate of drug-likeness (QED) is 0.771. The minimum atomic E-state index is 0.420. The van der Waals surface area contributed by atoms with Gasteiger partial charge in [0.1, 0.15) is 0 Å². The van der Waals surface area contributed by atoms with Crippen LogP contribution in [0.25, 0.3) is 0 Å². The van der Waals surface area contributed by atoms with Gasteiger partial charge < -0.3 is 14.8 Å². The summed E-state index contributed by atoms with van der Waals surface area (Å²) in [5.74, 6) is 0. The molecule has 1 saturated carbocycles. The van der Waals surface area contributed by atoms with Crippen molar-refractivity contribution in [1.29, 1.82) is 0 Å². The highest BCUT2D eigenvalue weighted by Gasteiger charge is 2.28. The lowest BCUT2D eigenvalue weighted by molar-refractivity contribution is 0.0443. The van der Waals surface area contributed by atoms with E-state index in [1.54, 1.807) is 0 Å². The van der Waals surface area contributed by atoms with Crippen LogP contribution in [0.5, 0.6) is 0 Å². The summed E-state index contributed by atoms with van der Waals surface area (Å²) in [5.41, 5.74) is 0. The van der Waals surface area contributed by atoms with E-state index in [-0.39, 0.29) is 0 Å². The molecule has 15 heavy (non-hydrogen) atoms. The van der Waals surface area contributed by atoms with Crippen LogP contribution >= 0.6 is 0 Å². The van der Waals surface area contributed by atoms with Gasteiger partial charge in [-0.05, 0) is 39.0 Å². The number of nitrogens with one attached hydrogen (secondary N) is 1. The summed E-state index contributed by atoms with van der Waals surface area (Å²) in [4.78, 5) is 0. The standard InChI is InChI=1S/C12H23NO2/c1-9-6-7-10(15-9)8-13-11-4-3-5-12(11)14-2/h9-13H,3-8H2,1-2H3. The van der Waals surface area contributed by atoms with Crippen LogP contribution in [-0.4, -0.2) is 38.0 Å². The van der Waals surface area contributed by atoms with Crippen molar-refractivity contribution in [3.63, 3.8) is 0 Å². The fourth-order valence-electron chi connectivity index (χ4n) is 2.76. The minimum absolute atomic E-state index is 0.420. The van der Waals surface area contributed by atoms with E-state index in [0.717, 1.165) is 6.54 Å². The number of methoxy groups -OCH3 is 1. The van der Waals surface area contributed by atoms with E-state index < -0.39 is 0 Å². The van der Waals surface area contributed by atoms with Crippen LogP contribution < -0.4 is 5.32 Å². The first-order chi connectivity index (χ1) is 7.29. The third kappa shape index (κ3) is 2.92. The van der Waals surface area contributed by atoms with Gasteiger partial charge in [0.2, 0.25) is 0 Å². The molecule has 0 radical (unpaired) electrons. The van der Waals surface area contributed by atoms with Crippen LogP contribution in [0.1, 0.15) is 39.0 Å². The molecule has 88 valence electrons. The highest BCUT2D eigenvalue weighted by Crippen LogP contribution is 2.23. The Labute approximate surface area is 92.5 Å². The lowest BCUT2D eigenvalue weighted by Crippen LogP contribution is -2.40. The molecule has 1 aliphatic heterocycles. The molecule has 0 bridgehead atoms. The van der Waals surface area contributed by atoms with Crippen molar-refractivity contribution in [2.75, 3.05) is 13.7 Å². The fourth-order valence-corrected chi connectivity index (χ4v) is 2.76. The molecule has 1 saturated heterocycles. The zero-order valence-electron chi connectivity index (χ0n) is 9.87. The van der Waals surface area contributed by atoms with Gasteiger partial charge in [-0.15, -0.1) is 0 Å². The predicted molar refractivity (Wildman–Crippen MR) is 60.0 cm³/mol. The zero-order chi connectivity index (χ0) is 10.7. The third-order valence-corrected chi connectivity index (χ3v) is 3.68. The number of hydrogen-bond acceptors (Lipinski definition) is 3. The van der Waals surface area contributed by atoms with E-state index in [1.807, 2.05) is 7.11 Å². The van der Waals surface area contributed by atoms with Crippen LogP contribution in [0.2, 0.25) is 0 Å². The molecule has 2 rings (SSSR count). The normalized spacial score (nSPS) is 41.2. The van der Waals surface area contributed by atoms with Crippen LogP contribution in [0.3, 0.4) is 0 Å². The van der Waals surface area contributed by atoms with E-state index in [0.29, 0.717) is 24.4 Å². The molecule has 4 atom stereocenters. The number of ether oxygens (including phenoxy) is 2. The maximum Gasteiger partial charge on any atom is 0.0724 e. The van der Waals surface area contributed by atoms with Gasteiger partial charge in [-0.3, -0.25) is 0 Å². The van der Waals surface area contributed by atoms with Crippen molar-refractivity contribution in [1.82, 2.24) is 5.32 Å². The molecular formula is C12H23NO2. The second-order valence-electron chi connectivity index (χ2n) is 4.87. The van der Waals surface area contributed by atoms with E-state index in [9.17, 15) is 0 Å². The Morgan fingerprint density at radius 1 is 1.27 bits per heavy atom. The monoisotopic (exact) mass is 213 g/mol. The van der Waals surface area contributed by atoms with E-state index in [4.69, 9.17) is 9.47 Å².